The number of hydrazine groups is 1. The van der Waals surface area contributed by atoms with Crippen LogP contribution < -0.4 is 20.9 Å². The number of para-hydroxylation sites is 1. The number of hydrogen-bond donors (Lipinski definition) is 3. The smallest absolute Gasteiger partial charge is 0.276 e. The van der Waals surface area contributed by atoms with Gasteiger partial charge in [0.15, 0.2) is 6.61 Å². The van der Waals surface area contributed by atoms with E-state index in [4.69, 9.17) is 4.74 Å². The fraction of sp³-hybridized carbons (Fsp3) is 0.500. The predicted molar refractivity (Wildman–Crippen MR) is 92.5 cm³/mol. The molecule has 1 aromatic carbocycles. The zero-order chi connectivity index (χ0) is 18.1. The minimum atomic E-state index is -0.478. The van der Waals surface area contributed by atoms with E-state index in [2.05, 4.69) is 16.2 Å². The van der Waals surface area contributed by atoms with Gasteiger partial charge in [-0.1, -0.05) is 37.5 Å². The van der Waals surface area contributed by atoms with Gasteiger partial charge in [-0.05, 0) is 31.4 Å². The van der Waals surface area contributed by atoms with Gasteiger partial charge in [0.1, 0.15) is 5.75 Å². The van der Waals surface area contributed by atoms with Crippen molar-refractivity contribution in [1.29, 1.82) is 0 Å². The van der Waals surface area contributed by atoms with Crippen LogP contribution in [0.2, 0.25) is 0 Å². The van der Waals surface area contributed by atoms with Crippen LogP contribution >= 0.6 is 0 Å². The number of carbonyl (C=O) groups is 3. The molecule has 136 valence electrons. The second-order valence-electron chi connectivity index (χ2n) is 6.20. The van der Waals surface area contributed by atoms with Crippen molar-refractivity contribution < 1.29 is 19.1 Å². The van der Waals surface area contributed by atoms with E-state index in [1.807, 2.05) is 25.1 Å². The van der Waals surface area contributed by atoms with Gasteiger partial charge < -0.3 is 10.1 Å². The molecule has 25 heavy (non-hydrogen) atoms. The maximum atomic E-state index is 11.9. The number of rotatable bonds is 6. The normalized spacial score (nSPS) is 14.4. The lowest BCUT2D eigenvalue weighted by molar-refractivity contribution is -0.131. The van der Waals surface area contributed by atoms with Crippen molar-refractivity contribution in [2.24, 2.45) is 5.92 Å². The van der Waals surface area contributed by atoms with Crippen LogP contribution in [-0.2, 0) is 14.4 Å². The lowest BCUT2D eigenvalue weighted by Gasteiger charge is -2.20. The van der Waals surface area contributed by atoms with E-state index in [-0.39, 0.29) is 25.0 Å². The van der Waals surface area contributed by atoms with Gasteiger partial charge in [-0.25, -0.2) is 0 Å². The van der Waals surface area contributed by atoms with E-state index < -0.39 is 11.8 Å². The predicted octanol–water partition coefficient (Wildman–Crippen LogP) is 1.22. The summed E-state index contributed by atoms with van der Waals surface area (Å²) in [5.41, 5.74) is 5.44. The van der Waals surface area contributed by atoms with Crippen molar-refractivity contribution in [3.63, 3.8) is 0 Å². The van der Waals surface area contributed by atoms with E-state index in [9.17, 15) is 14.4 Å². The summed E-state index contributed by atoms with van der Waals surface area (Å²) < 4.78 is 5.38. The average molecular weight is 347 g/mol. The quantitative estimate of drug-likeness (QED) is 0.674. The number of ether oxygens (including phenoxy) is 1. The molecular weight excluding hydrogens is 322 g/mol. The Morgan fingerprint density at radius 1 is 1.04 bits per heavy atom. The van der Waals surface area contributed by atoms with Crippen LogP contribution in [0.1, 0.15) is 37.7 Å². The van der Waals surface area contributed by atoms with Crippen LogP contribution in [0, 0.1) is 12.8 Å². The van der Waals surface area contributed by atoms with Crippen molar-refractivity contribution in [1.82, 2.24) is 16.2 Å². The van der Waals surface area contributed by atoms with Gasteiger partial charge >= 0.3 is 0 Å². The molecule has 3 N–H and O–H groups in total. The van der Waals surface area contributed by atoms with Crippen LogP contribution in [-0.4, -0.2) is 30.9 Å². The molecular formula is C18H25N3O4. The van der Waals surface area contributed by atoms with E-state index in [1.165, 1.54) is 6.42 Å². The molecule has 1 aliphatic carbocycles. The Hall–Kier alpha value is -2.57. The number of amides is 3. The Morgan fingerprint density at radius 2 is 1.72 bits per heavy atom. The minimum absolute atomic E-state index is 0.00125. The first-order valence-corrected chi connectivity index (χ1v) is 8.60. The summed E-state index contributed by atoms with van der Waals surface area (Å²) in [5.74, 6) is -0.435. The first-order chi connectivity index (χ1) is 12.1. The lowest BCUT2D eigenvalue weighted by Crippen LogP contribution is -2.48. The molecule has 0 atom stereocenters. The SMILES string of the molecule is Cc1ccccc1OCC(=O)NNC(=O)CNC(=O)C1CCCCC1. The summed E-state index contributed by atoms with van der Waals surface area (Å²) in [6.07, 6.45) is 5.03. The van der Waals surface area contributed by atoms with E-state index in [1.54, 1.807) is 6.07 Å². The molecule has 0 unspecified atom stereocenters. The fourth-order valence-corrected chi connectivity index (χ4v) is 2.76. The molecule has 1 fully saturated rings. The molecule has 0 radical (unpaired) electrons. The number of benzene rings is 1. The number of aryl methyl sites for hydroxylation is 1. The van der Waals surface area contributed by atoms with Gasteiger partial charge in [-0.15, -0.1) is 0 Å². The molecule has 7 heteroatoms. The first-order valence-electron chi connectivity index (χ1n) is 8.60. The van der Waals surface area contributed by atoms with Gasteiger partial charge in [0, 0.05) is 5.92 Å². The molecule has 0 saturated heterocycles. The number of hydrogen-bond acceptors (Lipinski definition) is 4. The Kier molecular flexibility index (Phi) is 7.25. The van der Waals surface area contributed by atoms with Gasteiger partial charge in [0.2, 0.25) is 5.91 Å². The zero-order valence-electron chi connectivity index (χ0n) is 14.5. The maximum absolute atomic E-state index is 11.9. The monoisotopic (exact) mass is 347 g/mol. The zero-order valence-corrected chi connectivity index (χ0v) is 14.5. The largest absolute Gasteiger partial charge is 0.483 e. The third-order valence-electron chi connectivity index (χ3n) is 4.19. The third-order valence-corrected chi connectivity index (χ3v) is 4.19. The molecule has 1 aliphatic rings. The molecule has 0 bridgehead atoms. The minimum Gasteiger partial charge on any atom is -0.483 e. The van der Waals surface area contributed by atoms with Crippen molar-refractivity contribution in [3.8, 4) is 5.75 Å². The van der Waals surface area contributed by atoms with Gasteiger partial charge in [0.25, 0.3) is 11.8 Å². The molecule has 0 heterocycles. The molecule has 0 aliphatic heterocycles. The first kappa shape index (κ1) is 18.8. The van der Waals surface area contributed by atoms with Crippen LogP contribution in [0.25, 0.3) is 0 Å². The third kappa shape index (κ3) is 6.45. The fourth-order valence-electron chi connectivity index (χ4n) is 2.76. The summed E-state index contributed by atoms with van der Waals surface area (Å²) in [6, 6.07) is 7.34. The van der Waals surface area contributed by atoms with Crippen molar-refractivity contribution in [3.05, 3.63) is 29.8 Å². The highest BCUT2D eigenvalue weighted by Gasteiger charge is 2.21. The summed E-state index contributed by atoms with van der Waals surface area (Å²) in [6.45, 7) is 1.51. The summed E-state index contributed by atoms with van der Waals surface area (Å²) in [5, 5.41) is 2.61. The maximum Gasteiger partial charge on any atom is 0.276 e. The molecule has 0 spiro atoms. The van der Waals surface area contributed by atoms with Crippen LogP contribution in [0.15, 0.2) is 24.3 Å². The van der Waals surface area contributed by atoms with Crippen LogP contribution in [0.4, 0.5) is 0 Å². The Morgan fingerprint density at radius 3 is 2.44 bits per heavy atom. The lowest BCUT2D eigenvalue weighted by atomic mass is 9.89. The molecule has 0 aromatic heterocycles. The molecule has 1 saturated carbocycles. The Bertz CT molecular complexity index is 612. The summed E-state index contributed by atoms with van der Waals surface area (Å²) in [7, 11) is 0. The highest BCUT2D eigenvalue weighted by atomic mass is 16.5. The molecule has 3 amide bonds. The van der Waals surface area contributed by atoms with E-state index >= 15 is 0 Å². The summed E-state index contributed by atoms with van der Waals surface area (Å²) >= 11 is 0. The highest BCUT2D eigenvalue weighted by Crippen LogP contribution is 2.23. The highest BCUT2D eigenvalue weighted by molar-refractivity contribution is 5.87. The molecule has 7 nitrogen and oxygen atoms in total. The Balaban J connectivity index is 1.61. The topological polar surface area (TPSA) is 96.5 Å². The van der Waals surface area contributed by atoms with Crippen LogP contribution in [0.3, 0.4) is 0 Å². The second-order valence-corrected chi connectivity index (χ2v) is 6.20. The van der Waals surface area contributed by atoms with Gasteiger partial charge in [-0.2, -0.15) is 0 Å². The van der Waals surface area contributed by atoms with Crippen LogP contribution in [0.5, 0.6) is 5.75 Å². The average Bonchev–Trinajstić information content (AvgIpc) is 2.64. The standard InChI is InChI=1S/C18H25N3O4/c1-13-7-5-6-10-15(13)25-12-17(23)21-20-16(22)11-19-18(24)14-8-3-2-4-9-14/h5-7,10,14H,2-4,8-9,11-12H2,1H3,(H,19,24)(H,20,22)(H,21,23). The van der Waals surface area contributed by atoms with Gasteiger partial charge in [0.05, 0.1) is 6.54 Å². The van der Waals surface area contributed by atoms with Crippen molar-refractivity contribution in [2.75, 3.05) is 13.2 Å². The van der Waals surface area contributed by atoms with Crippen molar-refractivity contribution >= 4 is 17.7 Å². The van der Waals surface area contributed by atoms with E-state index in [0.29, 0.717) is 5.75 Å². The molecule has 2 rings (SSSR count). The number of nitrogens with one attached hydrogen (secondary N) is 3. The Labute approximate surface area is 147 Å². The molecule has 1 aromatic rings. The van der Waals surface area contributed by atoms with E-state index in [0.717, 1.165) is 31.2 Å². The second kappa shape index (κ2) is 9.66. The summed E-state index contributed by atoms with van der Waals surface area (Å²) in [4.78, 5) is 35.3. The number of carbonyl (C=O) groups excluding carboxylic acids is 3. The van der Waals surface area contributed by atoms with Crippen molar-refractivity contribution in [2.45, 2.75) is 39.0 Å². The van der Waals surface area contributed by atoms with Gasteiger partial charge in [-0.3, -0.25) is 25.2 Å².